The van der Waals surface area contributed by atoms with E-state index in [9.17, 15) is 13.0 Å². The lowest BCUT2D eigenvalue weighted by Gasteiger charge is -2.16. The minimum atomic E-state index is -4.22. The molecule has 0 spiro atoms. The maximum atomic E-state index is 11.7. The molecule has 0 bridgehead atoms. The van der Waals surface area contributed by atoms with Gasteiger partial charge in [0.25, 0.3) is 10.1 Å². The molecule has 0 saturated carbocycles. The van der Waals surface area contributed by atoms with E-state index in [2.05, 4.69) is 6.92 Å². The third kappa shape index (κ3) is 3.43. The van der Waals surface area contributed by atoms with Crippen LogP contribution in [-0.4, -0.2) is 22.5 Å². The molecular formula is C16H18O3SSi. The predicted molar refractivity (Wildman–Crippen MR) is 86.6 cm³/mol. The smallest absolute Gasteiger partial charge is 0.282 e. The van der Waals surface area contributed by atoms with E-state index in [1.165, 1.54) is 0 Å². The molecule has 0 aliphatic carbocycles. The second-order valence-corrected chi connectivity index (χ2v) is 7.71. The summed E-state index contributed by atoms with van der Waals surface area (Å²) in [6, 6.07) is 11.3. The lowest BCUT2D eigenvalue weighted by molar-refractivity contribution is 0.483. The van der Waals surface area contributed by atoms with Gasteiger partial charge >= 0.3 is 0 Å². The third-order valence-corrected chi connectivity index (χ3v) is 6.15. The lowest BCUT2D eigenvalue weighted by atomic mass is 10.0. The SMILES string of the molecule is CCc1c(C)cc(S(=O)(=O)O)c([Si]c2ccccc2)c1C. The molecule has 0 unspecified atom stereocenters. The Balaban J connectivity index is 2.67. The molecule has 0 saturated heterocycles. The van der Waals surface area contributed by atoms with Crippen molar-refractivity contribution < 1.29 is 13.0 Å². The van der Waals surface area contributed by atoms with E-state index in [0.717, 1.165) is 28.3 Å². The molecule has 2 aromatic rings. The maximum absolute atomic E-state index is 11.7. The first kappa shape index (κ1) is 15.9. The van der Waals surface area contributed by atoms with Crippen molar-refractivity contribution in [2.45, 2.75) is 32.1 Å². The van der Waals surface area contributed by atoms with E-state index in [1.807, 2.05) is 44.2 Å². The van der Waals surface area contributed by atoms with Crippen molar-refractivity contribution in [3.63, 3.8) is 0 Å². The maximum Gasteiger partial charge on any atom is 0.294 e. The summed E-state index contributed by atoms with van der Waals surface area (Å²) >= 11 is 0. The zero-order valence-corrected chi connectivity index (χ0v) is 14.2. The molecule has 21 heavy (non-hydrogen) atoms. The van der Waals surface area contributed by atoms with Crippen molar-refractivity contribution >= 4 is 30.0 Å². The van der Waals surface area contributed by atoms with Gasteiger partial charge in [-0.25, -0.2) is 0 Å². The van der Waals surface area contributed by atoms with Gasteiger partial charge in [0.05, 0.1) is 4.90 Å². The Hall–Kier alpha value is -1.43. The Bertz CT molecular complexity index is 753. The number of hydrogen-bond donors (Lipinski definition) is 1. The Morgan fingerprint density at radius 1 is 1.14 bits per heavy atom. The van der Waals surface area contributed by atoms with Gasteiger partial charge in [0.15, 0.2) is 0 Å². The third-order valence-electron chi connectivity index (χ3n) is 3.57. The molecule has 0 aliphatic rings. The molecule has 110 valence electrons. The van der Waals surface area contributed by atoms with Gasteiger partial charge < -0.3 is 0 Å². The van der Waals surface area contributed by atoms with Crippen LogP contribution in [0.3, 0.4) is 0 Å². The molecule has 3 nitrogen and oxygen atoms in total. The fraction of sp³-hybridized carbons (Fsp3) is 0.250. The highest BCUT2D eigenvalue weighted by Gasteiger charge is 2.21. The molecule has 0 amide bonds. The van der Waals surface area contributed by atoms with Crippen LogP contribution >= 0.6 is 0 Å². The van der Waals surface area contributed by atoms with E-state index in [1.54, 1.807) is 6.07 Å². The topological polar surface area (TPSA) is 54.4 Å². The van der Waals surface area contributed by atoms with Crippen LogP contribution in [0.1, 0.15) is 23.6 Å². The summed E-state index contributed by atoms with van der Waals surface area (Å²) in [6.45, 7) is 5.87. The molecular weight excluding hydrogens is 300 g/mol. The molecule has 2 rings (SSSR count). The molecule has 5 heteroatoms. The van der Waals surface area contributed by atoms with Crippen LogP contribution in [0.4, 0.5) is 0 Å². The van der Waals surface area contributed by atoms with E-state index in [0.29, 0.717) is 5.19 Å². The summed E-state index contributed by atoms with van der Waals surface area (Å²) in [5.74, 6) is 0. The van der Waals surface area contributed by atoms with Crippen molar-refractivity contribution in [3.8, 4) is 0 Å². The van der Waals surface area contributed by atoms with Gasteiger partial charge in [-0.05, 0) is 48.2 Å². The summed E-state index contributed by atoms with van der Waals surface area (Å²) in [6.07, 6.45) is 0.843. The van der Waals surface area contributed by atoms with Gasteiger partial charge in [-0.15, -0.1) is 0 Å². The summed E-state index contributed by atoms with van der Waals surface area (Å²) < 4.78 is 33.0. The molecule has 0 atom stereocenters. The second-order valence-electron chi connectivity index (χ2n) is 4.99. The second kappa shape index (κ2) is 6.13. The fourth-order valence-corrected chi connectivity index (χ4v) is 5.01. The number of rotatable bonds is 4. The summed E-state index contributed by atoms with van der Waals surface area (Å²) in [4.78, 5) is 0.0388. The van der Waals surface area contributed by atoms with E-state index < -0.39 is 10.1 Å². The Labute approximate surface area is 128 Å². The van der Waals surface area contributed by atoms with Crippen LogP contribution in [0, 0.1) is 13.8 Å². The molecule has 0 fully saturated rings. The number of aryl methyl sites for hydroxylation is 1. The minimum absolute atomic E-state index is 0.0388. The van der Waals surface area contributed by atoms with Crippen molar-refractivity contribution in [3.05, 3.63) is 53.1 Å². The van der Waals surface area contributed by atoms with E-state index in [4.69, 9.17) is 0 Å². The van der Waals surface area contributed by atoms with Crippen LogP contribution in [-0.2, 0) is 16.5 Å². The molecule has 2 radical (unpaired) electrons. The van der Waals surface area contributed by atoms with Gasteiger partial charge in [-0.2, -0.15) is 8.42 Å². The highest BCUT2D eigenvalue weighted by molar-refractivity contribution is 7.86. The molecule has 2 aromatic carbocycles. The van der Waals surface area contributed by atoms with Crippen LogP contribution < -0.4 is 10.4 Å². The highest BCUT2D eigenvalue weighted by atomic mass is 32.2. The molecule has 0 aromatic heterocycles. The number of hydrogen-bond acceptors (Lipinski definition) is 2. The lowest BCUT2D eigenvalue weighted by Crippen LogP contribution is -2.34. The summed E-state index contributed by atoms with van der Waals surface area (Å²) in [5, 5.41) is 1.77. The number of benzene rings is 2. The molecule has 0 heterocycles. The van der Waals surface area contributed by atoms with Crippen LogP contribution in [0.25, 0.3) is 0 Å². The van der Waals surface area contributed by atoms with Crippen molar-refractivity contribution in [2.24, 2.45) is 0 Å². The Kier molecular flexibility index (Phi) is 4.66. The zero-order valence-electron chi connectivity index (χ0n) is 12.3. The first-order chi connectivity index (χ1) is 9.84. The summed E-state index contributed by atoms with van der Waals surface area (Å²) in [7, 11) is -4.01. The van der Waals surface area contributed by atoms with Gasteiger partial charge in [0.1, 0.15) is 9.52 Å². The first-order valence-electron chi connectivity index (χ1n) is 6.77. The Morgan fingerprint density at radius 2 is 1.76 bits per heavy atom. The minimum Gasteiger partial charge on any atom is -0.282 e. The standard InChI is InChI=1S/C16H18O3SSi/c1-4-14-11(2)10-15(20(17,18)19)16(12(14)3)21-13-8-6-5-7-9-13/h5-10H,4H2,1-3H3,(H,17,18,19). The van der Waals surface area contributed by atoms with Crippen molar-refractivity contribution in [2.75, 3.05) is 0 Å². The average molecular weight is 318 g/mol. The highest BCUT2D eigenvalue weighted by Crippen LogP contribution is 2.18. The van der Waals surface area contributed by atoms with Gasteiger partial charge in [0.2, 0.25) is 0 Å². The zero-order chi connectivity index (χ0) is 15.6. The van der Waals surface area contributed by atoms with Gasteiger partial charge in [-0.3, -0.25) is 4.55 Å². The monoisotopic (exact) mass is 318 g/mol. The van der Waals surface area contributed by atoms with Crippen molar-refractivity contribution in [1.29, 1.82) is 0 Å². The molecule has 1 N–H and O–H groups in total. The average Bonchev–Trinajstić information content (AvgIpc) is 2.42. The van der Waals surface area contributed by atoms with E-state index in [-0.39, 0.29) is 14.4 Å². The fourth-order valence-electron chi connectivity index (χ4n) is 2.56. The van der Waals surface area contributed by atoms with Crippen LogP contribution in [0.2, 0.25) is 0 Å². The van der Waals surface area contributed by atoms with Crippen LogP contribution in [0.5, 0.6) is 0 Å². The predicted octanol–water partition coefficient (Wildman–Crippen LogP) is 1.77. The quantitative estimate of drug-likeness (QED) is 0.690. The Morgan fingerprint density at radius 3 is 2.29 bits per heavy atom. The largest absolute Gasteiger partial charge is 0.294 e. The molecule has 0 aliphatic heterocycles. The van der Waals surface area contributed by atoms with Gasteiger partial charge in [0, 0.05) is 0 Å². The van der Waals surface area contributed by atoms with Crippen LogP contribution in [0.15, 0.2) is 41.3 Å². The first-order valence-corrected chi connectivity index (χ1v) is 9.21. The normalized spacial score (nSPS) is 11.6. The summed E-state index contributed by atoms with van der Waals surface area (Å²) in [5.41, 5.74) is 3.03. The van der Waals surface area contributed by atoms with Crippen molar-refractivity contribution in [1.82, 2.24) is 0 Å². The van der Waals surface area contributed by atoms with Gasteiger partial charge in [-0.1, -0.05) is 42.4 Å². The van der Waals surface area contributed by atoms with E-state index >= 15 is 0 Å².